The van der Waals surface area contributed by atoms with Crippen molar-refractivity contribution in [1.29, 1.82) is 0 Å². The number of phenols is 1. The van der Waals surface area contributed by atoms with Crippen molar-refractivity contribution in [1.82, 2.24) is 0 Å². The van der Waals surface area contributed by atoms with E-state index in [0.717, 1.165) is 37.1 Å². The molecule has 0 unspecified atom stereocenters. The van der Waals surface area contributed by atoms with Gasteiger partial charge in [-0.3, -0.25) is 0 Å². The monoisotopic (exact) mass is 229 g/mol. The highest BCUT2D eigenvalue weighted by molar-refractivity contribution is 5.90. The third-order valence-electron chi connectivity index (χ3n) is 3.22. The summed E-state index contributed by atoms with van der Waals surface area (Å²) in [7, 11) is 0. The van der Waals surface area contributed by atoms with E-state index in [2.05, 4.69) is 17.0 Å². The zero-order valence-electron chi connectivity index (χ0n) is 9.60. The molecule has 1 saturated heterocycles. The number of anilines is 1. The van der Waals surface area contributed by atoms with E-state index in [1.165, 1.54) is 5.69 Å². The number of ether oxygens (including phenoxy) is 1. The van der Waals surface area contributed by atoms with Gasteiger partial charge in [-0.1, -0.05) is 12.1 Å². The van der Waals surface area contributed by atoms with Crippen LogP contribution in [0.2, 0.25) is 0 Å². The van der Waals surface area contributed by atoms with E-state index in [4.69, 9.17) is 4.74 Å². The van der Waals surface area contributed by atoms with Crippen LogP contribution in [0, 0.1) is 0 Å². The Kier molecular flexibility index (Phi) is 2.61. The van der Waals surface area contributed by atoms with E-state index in [-0.39, 0.29) is 0 Å². The average Bonchev–Trinajstić information content (AvgIpc) is 2.40. The molecular formula is C14H15NO2. The normalized spacial score (nSPS) is 16.4. The van der Waals surface area contributed by atoms with Gasteiger partial charge < -0.3 is 14.7 Å². The highest BCUT2D eigenvalue weighted by atomic mass is 16.5. The van der Waals surface area contributed by atoms with Crippen LogP contribution in [0.4, 0.5) is 5.69 Å². The minimum absolute atomic E-state index is 0.344. The number of hydrogen-bond acceptors (Lipinski definition) is 3. The van der Waals surface area contributed by atoms with Crippen molar-refractivity contribution in [2.24, 2.45) is 0 Å². The number of aromatic hydroxyl groups is 1. The molecule has 3 nitrogen and oxygen atoms in total. The predicted molar refractivity (Wildman–Crippen MR) is 68.6 cm³/mol. The number of benzene rings is 2. The Morgan fingerprint density at radius 2 is 1.88 bits per heavy atom. The van der Waals surface area contributed by atoms with Crippen molar-refractivity contribution < 1.29 is 9.84 Å². The van der Waals surface area contributed by atoms with Crippen LogP contribution >= 0.6 is 0 Å². The molecular weight excluding hydrogens is 214 g/mol. The first-order valence-corrected chi connectivity index (χ1v) is 5.89. The molecule has 17 heavy (non-hydrogen) atoms. The van der Waals surface area contributed by atoms with Gasteiger partial charge in [0.05, 0.1) is 13.2 Å². The SMILES string of the molecule is Oc1cccc2cc(N3CCOCC3)ccc12. The molecule has 2 aromatic carbocycles. The van der Waals surface area contributed by atoms with Gasteiger partial charge in [-0.05, 0) is 29.7 Å². The van der Waals surface area contributed by atoms with E-state index in [1.54, 1.807) is 6.07 Å². The van der Waals surface area contributed by atoms with Gasteiger partial charge in [0.1, 0.15) is 5.75 Å². The fraction of sp³-hybridized carbons (Fsp3) is 0.286. The maximum absolute atomic E-state index is 9.74. The van der Waals surface area contributed by atoms with Crippen LogP contribution in [-0.2, 0) is 4.74 Å². The maximum Gasteiger partial charge on any atom is 0.123 e. The summed E-state index contributed by atoms with van der Waals surface area (Å²) in [5.41, 5.74) is 1.20. The van der Waals surface area contributed by atoms with Crippen LogP contribution in [0.5, 0.6) is 5.75 Å². The molecule has 0 atom stereocenters. The van der Waals surface area contributed by atoms with Crippen LogP contribution in [0.3, 0.4) is 0 Å². The lowest BCUT2D eigenvalue weighted by atomic mass is 10.1. The van der Waals surface area contributed by atoms with Crippen LogP contribution in [0.15, 0.2) is 36.4 Å². The van der Waals surface area contributed by atoms with Crippen LogP contribution in [-0.4, -0.2) is 31.4 Å². The van der Waals surface area contributed by atoms with Gasteiger partial charge in [-0.25, -0.2) is 0 Å². The molecule has 1 heterocycles. The van der Waals surface area contributed by atoms with Crippen molar-refractivity contribution in [3.8, 4) is 5.75 Å². The highest BCUT2D eigenvalue weighted by Gasteiger charge is 2.11. The maximum atomic E-state index is 9.74. The summed E-state index contributed by atoms with van der Waals surface area (Å²) < 4.78 is 5.35. The second-order valence-electron chi connectivity index (χ2n) is 4.28. The molecule has 0 saturated carbocycles. The molecule has 0 aliphatic carbocycles. The molecule has 1 aliphatic rings. The second kappa shape index (κ2) is 4.26. The summed E-state index contributed by atoms with van der Waals surface area (Å²) in [5, 5.41) is 11.7. The van der Waals surface area contributed by atoms with Gasteiger partial charge in [-0.15, -0.1) is 0 Å². The molecule has 0 spiro atoms. The van der Waals surface area contributed by atoms with Gasteiger partial charge in [0, 0.05) is 24.2 Å². The van der Waals surface area contributed by atoms with E-state index in [1.807, 2.05) is 18.2 Å². The fourth-order valence-corrected chi connectivity index (χ4v) is 2.27. The molecule has 3 rings (SSSR count). The third-order valence-corrected chi connectivity index (χ3v) is 3.22. The second-order valence-corrected chi connectivity index (χ2v) is 4.28. The Hall–Kier alpha value is -1.74. The standard InChI is InChI=1S/C14H15NO2/c16-14-3-1-2-11-10-12(4-5-13(11)14)15-6-8-17-9-7-15/h1-5,10,16H,6-9H2. The summed E-state index contributed by atoms with van der Waals surface area (Å²) in [6, 6.07) is 11.8. The molecule has 0 amide bonds. The largest absolute Gasteiger partial charge is 0.507 e. The number of hydrogen-bond donors (Lipinski definition) is 1. The van der Waals surface area contributed by atoms with E-state index in [9.17, 15) is 5.11 Å². The third kappa shape index (κ3) is 1.94. The zero-order valence-corrected chi connectivity index (χ0v) is 9.60. The summed E-state index contributed by atoms with van der Waals surface area (Å²) in [5.74, 6) is 0.344. The topological polar surface area (TPSA) is 32.7 Å². The number of rotatable bonds is 1. The molecule has 3 heteroatoms. The van der Waals surface area contributed by atoms with Gasteiger partial charge in [0.2, 0.25) is 0 Å². The van der Waals surface area contributed by atoms with Gasteiger partial charge in [0.25, 0.3) is 0 Å². The molecule has 2 aromatic rings. The van der Waals surface area contributed by atoms with Crippen molar-refractivity contribution in [3.63, 3.8) is 0 Å². The smallest absolute Gasteiger partial charge is 0.123 e. The number of fused-ring (bicyclic) bond motifs is 1. The molecule has 1 N–H and O–H groups in total. The lowest BCUT2D eigenvalue weighted by molar-refractivity contribution is 0.122. The first kappa shape index (κ1) is 10.4. The summed E-state index contributed by atoms with van der Waals surface area (Å²) in [6.45, 7) is 3.45. The van der Waals surface area contributed by atoms with Crippen molar-refractivity contribution >= 4 is 16.5 Å². The Balaban J connectivity index is 2.01. The predicted octanol–water partition coefficient (Wildman–Crippen LogP) is 2.38. The lowest BCUT2D eigenvalue weighted by Gasteiger charge is -2.29. The van der Waals surface area contributed by atoms with Crippen LogP contribution in [0.25, 0.3) is 10.8 Å². The number of nitrogens with zero attached hydrogens (tertiary/aromatic N) is 1. The molecule has 88 valence electrons. The van der Waals surface area contributed by atoms with Gasteiger partial charge in [0.15, 0.2) is 0 Å². The quantitative estimate of drug-likeness (QED) is 0.815. The van der Waals surface area contributed by atoms with Gasteiger partial charge >= 0.3 is 0 Å². The Morgan fingerprint density at radius 1 is 1.06 bits per heavy atom. The first-order valence-electron chi connectivity index (χ1n) is 5.89. The average molecular weight is 229 g/mol. The highest BCUT2D eigenvalue weighted by Crippen LogP contribution is 2.28. The number of phenolic OH excluding ortho intramolecular Hbond substituents is 1. The summed E-state index contributed by atoms with van der Waals surface area (Å²) in [6.07, 6.45) is 0. The van der Waals surface area contributed by atoms with E-state index in [0.29, 0.717) is 5.75 Å². The minimum atomic E-state index is 0.344. The van der Waals surface area contributed by atoms with E-state index >= 15 is 0 Å². The summed E-state index contributed by atoms with van der Waals surface area (Å²) in [4.78, 5) is 2.31. The Bertz CT molecular complexity index is 533. The molecule has 1 fully saturated rings. The van der Waals surface area contributed by atoms with Gasteiger partial charge in [-0.2, -0.15) is 0 Å². The van der Waals surface area contributed by atoms with Crippen LogP contribution in [0.1, 0.15) is 0 Å². The molecule has 0 radical (unpaired) electrons. The summed E-state index contributed by atoms with van der Waals surface area (Å²) >= 11 is 0. The molecule has 0 aromatic heterocycles. The van der Waals surface area contributed by atoms with Crippen molar-refractivity contribution in [2.75, 3.05) is 31.2 Å². The Labute approximate surface area is 100 Å². The minimum Gasteiger partial charge on any atom is -0.507 e. The molecule has 0 bridgehead atoms. The van der Waals surface area contributed by atoms with Crippen LogP contribution < -0.4 is 4.90 Å². The molecule has 1 aliphatic heterocycles. The number of morpholine rings is 1. The lowest BCUT2D eigenvalue weighted by Crippen LogP contribution is -2.36. The van der Waals surface area contributed by atoms with Crippen molar-refractivity contribution in [2.45, 2.75) is 0 Å². The fourth-order valence-electron chi connectivity index (χ4n) is 2.27. The zero-order chi connectivity index (χ0) is 11.7. The Morgan fingerprint density at radius 3 is 2.71 bits per heavy atom. The first-order chi connectivity index (χ1) is 8.34. The van der Waals surface area contributed by atoms with E-state index < -0.39 is 0 Å². The van der Waals surface area contributed by atoms with Crippen molar-refractivity contribution in [3.05, 3.63) is 36.4 Å².